The van der Waals surface area contributed by atoms with Crippen LogP contribution in [-0.4, -0.2) is 68.9 Å². The van der Waals surface area contributed by atoms with Gasteiger partial charge in [0, 0.05) is 62.8 Å². The average molecular weight is 537 g/mol. The van der Waals surface area contributed by atoms with Crippen molar-refractivity contribution >= 4 is 40.1 Å². The van der Waals surface area contributed by atoms with Gasteiger partial charge < -0.3 is 10.2 Å². The minimum atomic E-state index is -4.23. The van der Waals surface area contributed by atoms with Gasteiger partial charge >= 0.3 is 6.18 Å². The molecule has 8 nitrogen and oxygen atoms in total. The predicted octanol–water partition coefficient (Wildman–Crippen LogP) is 5.57. The number of piperazine rings is 1. The first-order chi connectivity index (χ1) is 17.6. The van der Waals surface area contributed by atoms with Crippen LogP contribution in [0.5, 0.6) is 0 Å². The second kappa shape index (κ2) is 10.1. The lowest BCUT2D eigenvalue weighted by molar-refractivity contribution is -0.146. The predicted molar refractivity (Wildman–Crippen MR) is 138 cm³/mol. The van der Waals surface area contributed by atoms with Crippen LogP contribution in [-0.2, 0) is 0 Å². The Kier molecular flexibility index (Phi) is 6.90. The third-order valence-corrected chi connectivity index (χ3v) is 6.66. The Bertz CT molecular complexity index is 1430. The number of H-pyrrole nitrogens is 1. The number of fused-ring (bicyclic) bond motifs is 1. The number of aromatic nitrogens is 5. The Morgan fingerprint density at radius 1 is 1.00 bits per heavy atom. The highest BCUT2D eigenvalue weighted by molar-refractivity contribution is 7.99. The molecule has 0 atom stereocenters. The van der Waals surface area contributed by atoms with Crippen molar-refractivity contribution in [2.75, 3.05) is 42.9 Å². The summed E-state index contributed by atoms with van der Waals surface area (Å²) in [5.41, 5.74) is 1.89. The maximum Gasteiger partial charge on any atom is 0.401 e. The maximum absolute atomic E-state index is 14.8. The number of pyridine rings is 1. The smallest absolute Gasteiger partial charge is 0.354 e. The van der Waals surface area contributed by atoms with E-state index in [1.807, 2.05) is 36.1 Å². The number of hydrogen-bond acceptors (Lipinski definition) is 8. The zero-order valence-electron chi connectivity index (χ0n) is 20.1. The Hall–Kier alpha value is -3.45. The molecule has 0 bridgehead atoms. The Labute approximate surface area is 217 Å². The fraction of sp³-hybridized carbons (Fsp3) is 0.333. The number of nitrogens with one attached hydrogen (secondary N) is 2. The van der Waals surface area contributed by atoms with E-state index in [1.54, 1.807) is 13.0 Å². The summed E-state index contributed by atoms with van der Waals surface area (Å²) in [6.45, 7) is 4.03. The number of anilines is 3. The van der Waals surface area contributed by atoms with Gasteiger partial charge in [0.1, 0.15) is 17.2 Å². The summed E-state index contributed by atoms with van der Waals surface area (Å²) < 4.78 is 53.2. The Balaban J connectivity index is 0.00000210. The van der Waals surface area contributed by atoms with E-state index in [9.17, 15) is 17.6 Å². The normalized spacial score (nSPS) is 14.9. The van der Waals surface area contributed by atoms with Gasteiger partial charge in [-0.25, -0.2) is 14.4 Å². The van der Waals surface area contributed by atoms with Gasteiger partial charge in [-0.1, -0.05) is 6.07 Å². The van der Waals surface area contributed by atoms with Gasteiger partial charge in [-0.2, -0.15) is 18.3 Å². The van der Waals surface area contributed by atoms with Crippen molar-refractivity contribution in [3.63, 3.8) is 0 Å². The van der Waals surface area contributed by atoms with Gasteiger partial charge in [-0.05, 0) is 43.8 Å². The van der Waals surface area contributed by atoms with Crippen molar-refractivity contribution in [2.45, 2.75) is 30.1 Å². The molecule has 0 aliphatic carbocycles. The van der Waals surface area contributed by atoms with Crippen LogP contribution in [0.1, 0.15) is 14.2 Å². The lowest BCUT2D eigenvalue weighted by atomic mass is 10.2. The summed E-state index contributed by atoms with van der Waals surface area (Å²) in [4.78, 5) is 17.4. The van der Waals surface area contributed by atoms with Crippen molar-refractivity contribution in [3.05, 3.63) is 53.6 Å². The molecule has 198 valence electrons. The zero-order chi connectivity index (χ0) is 26.2. The van der Waals surface area contributed by atoms with Crippen LogP contribution in [0.3, 0.4) is 0 Å². The molecule has 3 aromatic heterocycles. The number of rotatable bonds is 6. The van der Waals surface area contributed by atoms with E-state index in [-0.39, 0.29) is 15.9 Å². The highest BCUT2D eigenvalue weighted by atomic mass is 32.2. The number of alkyl halides is 3. The first kappa shape index (κ1) is 25.2. The SMILES string of the molecule is Cc1ccc2cc(Sc3nc(Nc4cc(C)[nH]n4)cc(N4CCN(CC(F)(F)F)CC4)n3)cc(F)c2n1.[HH].[HH]. The average Bonchev–Trinajstić information content (AvgIpc) is 3.23. The fourth-order valence-corrected chi connectivity index (χ4v) is 4.96. The molecular formula is C24H28F4N8S. The van der Waals surface area contributed by atoms with Crippen LogP contribution >= 0.6 is 11.8 Å². The summed E-state index contributed by atoms with van der Waals surface area (Å²) in [6, 6.07) is 10.4. The molecule has 37 heavy (non-hydrogen) atoms. The quantitative estimate of drug-likeness (QED) is 0.244. The van der Waals surface area contributed by atoms with Crippen LogP contribution in [0.15, 0.2) is 46.5 Å². The molecule has 0 radical (unpaired) electrons. The van der Waals surface area contributed by atoms with E-state index in [0.717, 1.165) is 11.4 Å². The molecule has 4 aromatic rings. The number of aryl methyl sites for hydroxylation is 2. The summed E-state index contributed by atoms with van der Waals surface area (Å²) in [5, 5.41) is 11.2. The summed E-state index contributed by atoms with van der Waals surface area (Å²) in [7, 11) is 0. The molecule has 0 spiro atoms. The Morgan fingerprint density at radius 2 is 1.78 bits per heavy atom. The van der Waals surface area contributed by atoms with Crippen LogP contribution in [0.25, 0.3) is 10.9 Å². The minimum absolute atomic E-state index is 0. The molecular weight excluding hydrogens is 508 g/mol. The molecule has 1 aliphatic heterocycles. The van der Waals surface area contributed by atoms with Crippen molar-refractivity contribution in [1.29, 1.82) is 0 Å². The first-order valence-electron chi connectivity index (χ1n) is 11.6. The molecule has 1 saturated heterocycles. The largest absolute Gasteiger partial charge is 0.401 e. The van der Waals surface area contributed by atoms with Crippen molar-refractivity contribution in [2.24, 2.45) is 0 Å². The second-order valence-corrected chi connectivity index (χ2v) is 9.91. The molecule has 0 amide bonds. The van der Waals surface area contributed by atoms with Crippen molar-refractivity contribution < 1.29 is 20.4 Å². The standard InChI is InChI=1S/C24H24F4N8S.2H2/c1-14-3-4-16-10-17(11-18(25)22(16)29-14)37-23-31-19(30-20-9-15(2)33-34-20)12-21(32-23)36-7-5-35(6-8-36)13-24(26,27)28;;/h3-4,9-12H,5-8,13H2,1-2H3,(H2,30,31,32,33,34);2*1H. The van der Waals surface area contributed by atoms with E-state index in [1.165, 1.54) is 22.7 Å². The van der Waals surface area contributed by atoms with Crippen LogP contribution in [0.4, 0.5) is 35.0 Å². The van der Waals surface area contributed by atoms with Gasteiger partial charge in [0.25, 0.3) is 0 Å². The lowest BCUT2D eigenvalue weighted by Gasteiger charge is -2.35. The molecule has 0 unspecified atom stereocenters. The number of halogens is 4. The Morgan fingerprint density at radius 3 is 2.49 bits per heavy atom. The molecule has 1 aliphatic rings. The topological polar surface area (TPSA) is 85.9 Å². The van der Waals surface area contributed by atoms with Gasteiger partial charge in [-0.15, -0.1) is 0 Å². The van der Waals surface area contributed by atoms with Crippen LogP contribution in [0.2, 0.25) is 0 Å². The van der Waals surface area contributed by atoms with Crippen molar-refractivity contribution in [1.82, 2.24) is 30.0 Å². The maximum atomic E-state index is 14.8. The molecule has 1 fully saturated rings. The first-order valence-corrected chi connectivity index (χ1v) is 12.4. The second-order valence-electron chi connectivity index (χ2n) is 8.87. The zero-order valence-corrected chi connectivity index (χ0v) is 20.9. The summed E-state index contributed by atoms with van der Waals surface area (Å²) >= 11 is 1.19. The summed E-state index contributed by atoms with van der Waals surface area (Å²) in [6.07, 6.45) is -4.23. The fourth-order valence-electron chi connectivity index (χ4n) is 4.11. The molecule has 1 aromatic carbocycles. The van der Waals surface area contributed by atoms with Crippen LogP contribution < -0.4 is 10.2 Å². The van der Waals surface area contributed by atoms with Gasteiger partial charge in [0.15, 0.2) is 16.8 Å². The van der Waals surface area contributed by atoms with Gasteiger partial charge in [0.05, 0.1) is 6.54 Å². The number of aromatic amines is 1. The number of nitrogens with zero attached hydrogens (tertiary/aromatic N) is 6. The molecule has 5 rings (SSSR count). The molecule has 0 saturated carbocycles. The third kappa shape index (κ3) is 6.28. The van der Waals surface area contributed by atoms with E-state index < -0.39 is 18.5 Å². The van der Waals surface area contributed by atoms with E-state index in [0.29, 0.717) is 51.5 Å². The van der Waals surface area contributed by atoms with Crippen LogP contribution in [0, 0.1) is 19.7 Å². The monoisotopic (exact) mass is 536 g/mol. The van der Waals surface area contributed by atoms with E-state index in [2.05, 4.69) is 30.5 Å². The molecule has 13 heteroatoms. The van der Waals surface area contributed by atoms with E-state index in [4.69, 9.17) is 0 Å². The van der Waals surface area contributed by atoms with Crippen molar-refractivity contribution in [3.8, 4) is 0 Å². The third-order valence-electron chi connectivity index (χ3n) is 5.82. The van der Waals surface area contributed by atoms with Gasteiger partial charge in [0.2, 0.25) is 0 Å². The number of benzene rings is 1. The minimum Gasteiger partial charge on any atom is -0.354 e. The number of hydrogen-bond donors (Lipinski definition) is 2. The lowest BCUT2D eigenvalue weighted by Crippen LogP contribution is -2.49. The van der Waals surface area contributed by atoms with E-state index >= 15 is 0 Å². The molecule has 4 heterocycles. The highest BCUT2D eigenvalue weighted by Gasteiger charge is 2.32. The van der Waals surface area contributed by atoms with Gasteiger partial charge in [-0.3, -0.25) is 15.0 Å². The molecule has 2 N–H and O–H groups in total. The highest BCUT2D eigenvalue weighted by Crippen LogP contribution is 2.32. The summed E-state index contributed by atoms with van der Waals surface area (Å²) in [5.74, 6) is 1.16.